The minimum atomic E-state index is 0.376. The van der Waals surface area contributed by atoms with E-state index in [1.165, 1.54) is 0 Å². The standard InChI is InChI=1S/C20H16N2O2/c21-13-16-12-18(9-10-20(16)22)23-14-15-5-4-8-19(11-15)24-17-6-2-1-3-7-17/h1-12H,14,22H2. The van der Waals surface area contributed by atoms with Crippen molar-refractivity contribution in [3.8, 4) is 23.3 Å². The zero-order chi connectivity index (χ0) is 16.8. The lowest BCUT2D eigenvalue weighted by Crippen LogP contribution is -1.97. The average molecular weight is 316 g/mol. The van der Waals surface area contributed by atoms with Gasteiger partial charge in [0.2, 0.25) is 0 Å². The first-order valence-electron chi connectivity index (χ1n) is 7.49. The number of para-hydroxylation sites is 1. The minimum Gasteiger partial charge on any atom is -0.489 e. The van der Waals surface area contributed by atoms with Gasteiger partial charge in [0.25, 0.3) is 0 Å². The molecule has 0 aliphatic heterocycles. The molecule has 0 saturated heterocycles. The zero-order valence-corrected chi connectivity index (χ0v) is 13.0. The Morgan fingerprint density at radius 2 is 1.62 bits per heavy atom. The lowest BCUT2D eigenvalue weighted by atomic mass is 10.2. The van der Waals surface area contributed by atoms with E-state index in [0.717, 1.165) is 17.1 Å². The summed E-state index contributed by atoms with van der Waals surface area (Å²) in [7, 11) is 0. The average Bonchev–Trinajstić information content (AvgIpc) is 2.62. The number of anilines is 1. The van der Waals surface area contributed by atoms with Gasteiger partial charge in [-0.05, 0) is 48.0 Å². The Kier molecular flexibility index (Phi) is 4.64. The van der Waals surface area contributed by atoms with Crippen LogP contribution in [0.3, 0.4) is 0 Å². The number of rotatable bonds is 5. The number of nitrogens with two attached hydrogens (primary N) is 1. The van der Waals surface area contributed by atoms with Gasteiger partial charge in [0.1, 0.15) is 29.9 Å². The molecule has 0 bridgehead atoms. The smallest absolute Gasteiger partial charge is 0.127 e. The molecule has 3 aromatic carbocycles. The van der Waals surface area contributed by atoms with Gasteiger partial charge in [0.05, 0.1) is 5.56 Å². The van der Waals surface area contributed by atoms with Gasteiger partial charge in [-0.1, -0.05) is 30.3 Å². The fraction of sp³-hybridized carbons (Fsp3) is 0.0500. The summed E-state index contributed by atoms with van der Waals surface area (Å²) < 4.78 is 11.5. The van der Waals surface area contributed by atoms with Crippen molar-refractivity contribution in [2.45, 2.75) is 6.61 Å². The van der Waals surface area contributed by atoms with Crippen LogP contribution in [-0.2, 0) is 6.61 Å². The van der Waals surface area contributed by atoms with Crippen LogP contribution in [0.5, 0.6) is 17.2 Å². The molecule has 0 unspecified atom stereocenters. The Morgan fingerprint density at radius 3 is 2.42 bits per heavy atom. The number of hydrogen-bond donors (Lipinski definition) is 1. The normalized spacial score (nSPS) is 9.96. The first-order valence-corrected chi connectivity index (χ1v) is 7.49. The van der Waals surface area contributed by atoms with Crippen LogP contribution in [-0.4, -0.2) is 0 Å². The SMILES string of the molecule is N#Cc1cc(OCc2cccc(Oc3ccccc3)c2)ccc1N. The summed E-state index contributed by atoms with van der Waals surface area (Å²) in [4.78, 5) is 0. The van der Waals surface area contributed by atoms with Crippen molar-refractivity contribution in [3.05, 3.63) is 83.9 Å². The molecule has 0 fully saturated rings. The summed E-state index contributed by atoms with van der Waals surface area (Å²) in [6, 6.07) is 24.4. The van der Waals surface area contributed by atoms with E-state index >= 15 is 0 Å². The first kappa shape index (κ1) is 15.4. The van der Waals surface area contributed by atoms with E-state index < -0.39 is 0 Å². The molecule has 4 heteroatoms. The number of ether oxygens (including phenoxy) is 2. The summed E-state index contributed by atoms with van der Waals surface area (Å²) in [5.41, 5.74) is 7.54. The second-order valence-electron chi connectivity index (χ2n) is 5.21. The molecule has 3 rings (SSSR count). The fourth-order valence-corrected chi connectivity index (χ4v) is 2.21. The second kappa shape index (κ2) is 7.21. The van der Waals surface area contributed by atoms with Gasteiger partial charge in [-0.3, -0.25) is 0 Å². The van der Waals surface area contributed by atoms with Crippen molar-refractivity contribution in [2.24, 2.45) is 0 Å². The van der Waals surface area contributed by atoms with E-state index in [1.54, 1.807) is 18.2 Å². The van der Waals surface area contributed by atoms with E-state index in [1.807, 2.05) is 60.7 Å². The molecule has 0 heterocycles. The minimum absolute atomic E-state index is 0.376. The highest BCUT2D eigenvalue weighted by Gasteiger charge is 2.03. The predicted molar refractivity (Wildman–Crippen MR) is 92.9 cm³/mol. The van der Waals surface area contributed by atoms with Crippen molar-refractivity contribution in [3.63, 3.8) is 0 Å². The number of nitrogen functional groups attached to an aromatic ring is 1. The van der Waals surface area contributed by atoms with Crippen molar-refractivity contribution in [1.29, 1.82) is 5.26 Å². The van der Waals surface area contributed by atoms with E-state index in [-0.39, 0.29) is 0 Å². The van der Waals surface area contributed by atoms with Gasteiger partial charge in [-0.2, -0.15) is 5.26 Å². The molecular formula is C20H16N2O2. The molecule has 0 spiro atoms. The van der Waals surface area contributed by atoms with Gasteiger partial charge in [0, 0.05) is 5.69 Å². The highest BCUT2D eigenvalue weighted by atomic mass is 16.5. The number of benzene rings is 3. The summed E-state index contributed by atoms with van der Waals surface area (Å²) in [6.07, 6.45) is 0. The van der Waals surface area contributed by atoms with Crippen LogP contribution in [0.2, 0.25) is 0 Å². The van der Waals surface area contributed by atoms with Crippen molar-refractivity contribution >= 4 is 5.69 Å². The quantitative estimate of drug-likeness (QED) is 0.703. The van der Waals surface area contributed by atoms with E-state index in [0.29, 0.717) is 23.6 Å². The third-order valence-corrected chi connectivity index (χ3v) is 3.43. The summed E-state index contributed by atoms with van der Waals surface area (Å²) in [5.74, 6) is 2.14. The Hall–Kier alpha value is -3.45. The third-order valence-electron chi connectivity index (χ3n) is 3.43. The van der Waals surface area contributed by atoms with E-state index in [2.05, 4.69) is 0 Å². The Labute approximate surface area is 140 Å². The van der Waals surface area contributed by atoms with Crippen LogP contribution < -0.4 is 15.2 Å². The Balaban J connectivity index is 1.68. The van der Waals surface area contributed by atoms with Gasteiger partial charge < -0.3 is 15.2 Å². The van der Waals surface area contributed by atoms with E-state index in [4.69, 9.17) is 20.5 Å². The molecule has 3 aromatic rings. The monoisotopic (exact) mass is 316 g/mol. The summed E-state index contributed by atoms with van der Waals surface area (Å²) in [6.45, 7) is 0.376. The third kappa shape index (κ3) is 3.84. The van der Waals surface area contributed by atoms with E-state index in [9.17, 15) is 0 Å². The molecule has 118 valence electrons. The predicted octanol–water partition coefficient (Wildman–Crippen LogP) is 4.51. The first-order chi connectivity index (χ1) is 11.7. The maximum atomic E-state index is 9.00. The lowest BCUT2D eigenvalue weighted by molar-refractivity contribution is 0.305. The topological polar surface area (TPSA) is 68.3 Å². The van der Waals surface area contributed by atoms with Gasteiger partial charge in [-0.15, -0.1) is 0 Å². The number of hydrogen-bond acceptors (Lipinski definition) is 4. The van der Waals surface area contributed by atoms with Gasteiger partial charge >= 0.3 is 0 Å². The van der Waals surface area contributed by atoms with Crippen LogP contribution in [0.25, 0.3) is 0 Å². The molecule has 0 aliphatic carbocycles. The maximum Gasteiger partial charge on any atom is 0.127 e. The highest BCUT2D eigenvalue weighted by Crippen LogP contribution is 2.23. The zero-order valence-electron chi connectivity index (χ0n) is 13.0. The van der Waals surface area contributed by atoms with Gasteiger partial charge in [0.15, 0.2) is 0 Å². The lowest BCUT2D eigenvalue weighted by Gasteiger charge is -2.10. The molecule has 0 atom stereocenters. The summed E-state index contributed by atoms with van der Waals surface area (Å²) >= 11 is 0. The Morgan fingerprint density at radius 1 is 0.833 bits per heavy atom. The maximum absolute atomic E-state index is 9.00. The van der Waals surface area contributed by atoms with Crippen LogP contribution in [0.4, 0.5) is 5.69 Å². The molecule has 0 radical (unpaired) electrons. The van der Waals surface area contributed by atoms with Crippen molar-refractivity contribution in [2.75, 3.05) is 5.73 Å². The molecule has 0 saturated carbocycles. The van der Waals surface area contributed by atoms with Crippen LogP contribution in [0, 0.1) is 11.3 Å². The highest BCUT2D eigenvalue weighted by molar-refractivity contribution is 5.56. The molecule has 2 N–H and O–H groups in total. The largest absolute Gasteiger partial charge is 0.489 e. The summed E-state index contributed by atoms with van der Waals surface area (Å²) in [5, 5.41) is 9.00. The van der Waals surface area contributed by atoms with Crippen LogP contribution in [0.1, 0.15) is 11.1 Å². The number of nitrogens with zero attached hydrogens (tertiary/aromatic N) is 1. The van der Waals surface area contributed by atoms with Crippen molar-refractivity contribution < 1.29 is 9.47 Å². The van der Waals surface area contributed by atoms with Crippen molar-refractivity contribution in [1.82, 2.24) is 0 Å². The van der Waals surface area contributed by atoms with Gasteiger partial charge in [-0.25, -0.2) is 0 Å². The fourth-order valence-electron chi connectivity index (χ4n) is 2.21. The molecule has 24 heavy (non-hydrogen) atoms. The number of nitriles is 1. The molecule has 0 aromatic heterocycles. The van der Waals surface area contributed by atoms with Crippen LogP contribution in [0.15, 0.2) is 72.8 Å². The molecule has 4 nitrogen and oxygen atoms in total. The van der Waals surface area contributed by atoms with Crippen LogP contribution >= 0.6 is 0 Å². The second-order valence-corrected chi connectivity index (χ2v) is 5.21. The Bertz CT molecular complexity index is 870. The molecule has 0 aliphatic rings. The molecular weight excluding hydrogens is 300 g/mol. The molecule has 0 amide bonds.